The van der Waals surface area contributed by atoms with Crippen LogP contribution in [0.25, 0.3) is 43.6 Å². The Balaban J connectivity index is 1.70. The summed E-state index contributed by atoms with van der Waals surface area (Å²) in [6.07, 6.45) is 3.04. The summed E-state index contributed by atoms with van der Waals surface area (Å²) in [6.45, 7) is 11.3. The molecular formula is C31H31N. The van der Waals surface area contributed by atoms with E-state index in [0.29, 0.717) is 5.92 Å². The molecule has 1 heterocycles. The second-order valence-electron chi connectivity index (χ2n) is 10.5. The molecule has 32 heavy (non-hydrogen) atoms. The molecule has 0 aliphatic rings. The zero-order valence-corrected chi connectivity index (χ0v) is 19.7. The smallest absolute Gasteiger partial charge is 0.0780 e. The first-order valence-electron chi connectivity index (χ1n) is 11.7. The summed E-state index contributed by atoms with van der Waals surface area (Å²) >= 11 is 0. The van der Waals surface area contributed by atoms with Gasteiger partial charge in [0.15, 0.2) is 0 Å². The van der Waals surface area contributed by atoms with Crippen molar-refractivity contribution in [1.82, 2.24) is 4.98 Å². The summed E-state index contributed by atoms with van der Waals surface area (Å²) in [5.74, 6) is 0.641. The molecule has 160 valence electrons. The molecule has 0 atom stereocenters. The van der Waals surface area contributed by atoms with Gasteiger partial charge in [-0.15, -0.1) is 0 Å². The van der Waals surface area contributed by atoms with Crippen LogP contribution in [0.1, 0.15) is 45.7 Å². The SMILES string of the molecule is CC(C)Cc1cccc(-c2nccc3c2ccc2c4ccc(C(C)(C)C)cc4ccc32)c1. The second-order valence-corrected chi connectivity index (χ2v) is 10.5. The van der Waals surface area contributed by atoms with Gasteiger partial charge in [0.2, 0.25) is 0 Å². The fraction of sp³-hybridized carbons (Fsp3) is 0.258. The fourth-order valence-electron chi connectivity index (χ4n) is 4.83. The van der Waals surface area contributed by atoms with Crippen LogP contribution in [0.4, 0.5) is 0 Å². The zero-order chi connectivity index (χ0) is 22.5. The number of hydrogen-bond acceptors (Lipinski definition) is 1. The molecule has 0 saturated carbocycles. The van der Waals surface area contributed by atoms with Gasteiger partial charge in [0.05, 0.1) is 5.69 Å². The Bertz CT molecular complexity index is 1450. The van der Waals surface area contributed by atoms with E-state index in [-0.39, 0.29) is 5.41 Å². The van der Waals surface area contributed by atoms with Crippen LogP contribution in [-0.2, 0) is 11.8 Å². The minimum atomic E-state index is 0.150. The Morgan fingerprint density at radius 3 is 2.19 bits per heavy atom. The molecule has 1 aromatic heterocycles. The van der Waals surface area contributed by atoms with Crippen LogP contribution in [0.2, 0.25) is 0 Å². The molecule has 0 radical (unpaired) electrons. The molecule has 5 rings (SSSR count). The number of aromatic nitrogens is 1. The minimum Gasteiger partial charge on any atom is -0.256 e. The van der Waals surface area contributed by atoms with Crippen molar-refractivity contribution in [3.63, 3.8) is 0 Å². The molecular weight excluding hydrogens is 386 g/mol. The Morgan fingerprint density at radius 2 is 1.41 bits per heavy atom. The third-order valence-electron chi connectivity index (χ3n) is 6.47. The molecule has 1 heteroatoms. The summed E-state index contributed by atoms with van der Waals surface area (Å²) in [4.78, 5) is 4.81. The highest BCUT2D eigenvalue weighted by atomic mass is 14.7. The molecule has 0 N–H and O–H groups in total. The van der Waals surface area contributed by atoms with Crippen LogP contribution in [0, 0.1) is 5.92 Å². The van der Waals surface area contributed by atoms with E-state index >= 15 is 0 Å². The lowest BCUT2D eigenvalue weighted by molar-refractivity contribution is 0.591. The molecule has 5 aromatic rings. The second kappa shape index (κ2) is 7.74. The van der Waals surface area contributed by atoms with E-state index in [2.05, 4.69) is 107 Å². The summed E-state index contributed by atoms with van der Waals surface area (Å²) < 4.78 is 0. The van der Waals surface area contributed by atoms with Gasteiger partial charge in [-0.25, -0.2) is 0 Å². The molecule has 0 bridgehead atoms. The van der Waals surface area contributed by atoms with Gasteiger partial charge in [-0.05, 0) is 67.9 Å². The molecule has 4 aromatic carbocycles. The highest BCUT2D eigenvalue weighted by molar-refractivity contribution is 6.18. The summed E-state index contributed by atoms with van der Waals surface area (Å²) in [5.41, 5.74) is 5.16. The van der Waals surface area contributed by atoms with Crippen molar-refractivity contribution in [2.24, 2.45) is 5.92 Å². The van der Waals surface area contributed by atoms with Gasteiger partial charge in [0.1, 0.15) is 0 Å². The van der Waals surface area contributed by atoms with Crippen molar-refractivity contribution in [1.29, 1.82) is 0 Å². The van der Waals surface area contributed by atoms with E-state index < -0.39 is 0 Å². The van der Waals surface area contributed by atoms with Crippen LogP contribution >= 0.6 is 0 Å². The van der Waals surface area contributed by atoms with E-state index in [0.717, 1.165) is 12.1 Å². The molecule has 0 aliphatic heterocycles. The normalized spacial score (nSPS) is 12.3. The number of hydrogen-bond donors (Lipinski definition) is 0. The van der Waals surface area contributed by atoms with Crippen LogP contribution in [0.3, 0.4) is 0 Å². The van der Waals surface area contributed by atoms with E-state index in [9.17, 15) is 0 Å². The predicted molar refractivity (Wildman–Crippen MR) is 139 cm³/mol. The van der Waals surface area contributed by atoms with E-state index in [1.165, 1.54) is 49.0 Å². The molecule has 0 fully saturated rings. The largest absolute Gasteiger partial charge is 0.256 e. The third kappa shape index (κ3) is 3.66. The van der Waals surface area contributed by atoms with Crippen LogP contribution in [-0.4, -0.2) is 4.98 Å². The van der Waals surface area contributed by atoms with Gasteiger partial charge in [-0.2, -0.15) is 0 Å². The maximum Gasteiger partial charge on any atom is 0.0780 e. The van der Waals surface area contributed by atoms with Crippen molar-refractivity contribution in [2.75, 3.05) is 0 Å². The summed E-state index contributed by atoms with van der Waals surface area (Å²) in [5, 5.41) is 7.70. The van der Waals surface area contributed by atoms with Crippen LogP contribution in [0.5, 0.6) is 0 Å². The maximum absolute atomic E-state index is 4.81. The van der Waals surface area contributed by atoms with Crippen LogP contribution in [0.15, 0.2) is 79.0 Å². The van der Waals surface area contributed by atoms with E-state index in [4.69, 9.17) is 4.98 Å². The van der Waals surface area contributed by atoms with Crippen molar-refractivity contribution in [3.05, 3.63) is 90.1 Å². The first kappa shape index (κ1) is 20.7. The Hall–Kier alpha value is -3.19. The molecule has 0 spiro atoms. The highest BCUT2D eigenvalue weighted by Gasteiger charge is 2.15. The number of benzene rings is 4. The first-order chi connectivity index (χ1) is 15.3. The van der Waals surface area contributed by atoms with E-state index in [1.807, 2.05) is 6.20 Å². The quantitative estimate of drug-likeness (QED) is 0.267. The standard InChI is InChI=1S/C31H31N/c1-20(2)17-21-7-6-8-23(18-21)30-29-14-13-26-25-12-10-24(31(3,4)5)19-22(25)9-11-27(26)28(29)15-16-32-30/h6-16,18-20H,17H2,1-5H3. The number of rotatable bonds is 3. The lowest BCUT2D eigenvalue weighted by Crippen LogP contribution is -2.10. The van der Waals surface area contributed by atoms with Gasteiger partial charge < -0.3 is 0 Å². The molecule has 1 nitrogen and oxygen atoms in total. The lowest BCUT2D eigenvalue weighted by atomic mass is 9.85. The van der Waals surface area contributed by atoms with Crippen molar-refractivity contribution in [2.45, 2.75) is 46.5 Å². The van der Waals surface area contributed by atoms with Crippen molar-refractivity contribution in [3.8, 4) is 11.3 Å². The summed E-state index contributed by atoms with van der Waals surface area (Å²) in [7, 11) is 0. The average molecular weight is 418 g/mol. The van der Waals surface area contributed by atoms with Gasteiger partial charge in [0.25, 0.3) is 0 Å². The Labute approximate surface area is 191 Å². The average Bonchev–Trinajstić information content (AvgIpc) is 2.77. The molecule has 0 saturated heterocycles. The molecule has 0 aliphatic carbocycles. The predicted octanol–water partition coefficient (Wildman–Crippen LogP) is 8.70. The maximum atomic E-state index is 4.81. The van der Waals surface area contributed by atoms with Gasteiger partial charge in [-0.1, -0.05) is 95.3 Å². The molecule has 0 unspecified atom stereocenters. The monoisotopic (exact) mass is 417 g/mol. The highest BCUT2D eigenvalue weighted by Crippen LogP contribution is 2.36. The van der Waals surface area contributed by atoms with E-state index in [1.54, 1.807) is 0 Å². The minimum absolute atomic E-state index is 0.150. The van der Waals surface area contributed by atoms with Gasteiger partial charge >= 0.3 is 0 Å². The fourth-order valence-corrected chi connectivity index (χ4v) is 4.83. The zero-order valence-electron chi connectivity index (χ0n) is 19.7. The topological polar surface area (TPSA) is 12.9 Å². The number of nitrogens with zero attached hydrogens (tertiary/aromatic N) is 1. The third-order valence-corrected chi connectivity index (χ3v) is 6.47. The van der Waals surface area contributed by atoms with Crippen molar-refractivity contribution < 1.29 is 0 Å². The Kier molecular flexibility index (Phi) is 5.01. The Morgan fingerprint density at radius 1 is 0.719 bits per heavy atom. The number of pyridine rings is 1. The number of fused-ring (bicyclic) bond motifs is 5. The first-order valence-corrected chi connectivity index (χ1v) is 11.7. The summed E-state index contributed by atoms with van der Waals surface area (Å²) in [6, 6.07) is 27.0. The van der Waals surface area contributed by atoms with Gasteiger partial charge in [-0.3, -0.25) is 4.98 Å². The lowest BCUT2D eigenvalue weighted by Gasteiger charge is -2.20. The van der Waals surface area contributed by atoms with Crippen LogP contribution < -0.4 is 0 Å². The van der Waals surface area contributed by atoms with Gasteiger partial charge in [0, 0.05) is 17.1 Å². The van der Waals surface area contributed by atoms with Crippen molar-refractivity contribution >= 4 is 32.3 Å². The molecule has 0 amide bonds.